The average molecular weight is 498 g/mol. The first-order valence-electron chi connectivity index (χ1n) is 5.88. The molecule has 180 valence electrons. The molecule has 0 aromatic heterocycles. The molecular formula is C9F18O3. The van der Waals surface area contributed by atoms with Gasteiger partial charge in [0.2, 0.25) is 0 Å². The maximum atomic E-state index is 12.9. The van der Waals surface area contributed by atoms with Gasteiger partial charge in [-0.05, 0) is 0 Å². The van der Waals surface area contributed by atoms with Crippen molar-refractivity contribution in [1.29, 1.82) is 0 Å². The predicted octanol–water partition coefficient (Wildman–Crippen LogP) is 6.23. The summed E-state index contributed by atoms with van der Waals surface area (Å²) in [7, 11) is 0. The van der Waals surface area contributed by atoms with E-state index < -0.39 is 54.7 Å². The molecule has 21 heteroatoms. The molecule has 0 fully saturated rings. The first-order chi connectivity index (χ1) is 12.7. The van der Waals surface area contributed by atoms with E-state index in [-0.39, 0.29) is 0 Å². The Balaban J connectivity index is 6.06. The standard InChI is InChI=1S/C9F18O3/c10-1(11)2(12)28-5(17,18)3(13,14)6(19,20)29-7(21,22)4(15,16)8(23,24)30-9(25,26)27. The molecule has 0 amide bonds. The van der Waals surface area contributed by atoms with Gasteiger partial charge in [-0.15, -0.1) is 13.2 Å². The normalized spacial score (nSPS) is 15.3. The number of ether oxygens (including phenoxy) is 3. The summed E-state index contributed by atoms with van der Waals surface area (Å²) in [6.45, 7) is 0. The molecule has 0 bridgehead atoms. The molecule has 0 radical (unpaired) electrons. The smallest absolute Gasteiger partial charge is 0.397 e. The van der Waals surface area contributed by atoms with Crippen molar-refractivity contribution in [3.05, 3.63) is 12.1 Å². The summed E-state index contributed by atoms with van der Waals surface area (Å²) >= 11 is 0. The van der Waals surface area contributed by atoms with Crippen LogP contribution in [0.1, 0.15) is 0 Å². The first kappa shape index (κ1) is 28.2. The van der Waals surface area contributed by atoms with Crippen LogP contribution in [0.3, 0.4) is 0 Å². The molecule has 30 heavy (non-hydrogen) atoms. The lowest BCUT2D eigenvalue weighted by molar-refractivity contribution is -0.545. The zero-order chi connectivity index (χ0) is 24.8. The van der Waals surface area contributed by atoms with Crippen LogP contribution in [0.5, 0.6) is 0 Å². The van der Waals surface area contributed by atoms with Crippen molar-refractivity contribution in [1.82, 2.24) is 0 Å². The van der Waals surface area contributed by atoms with Crippen LogP contribution in [0.2, 0.25) is 0 Å². The zero-order valence-electron chi connectivity index (χ0n) is 12.5. The van der Waals surface area contributed by atoms with Gasteiger partial charge in [0.15, 0.2) is 0 Å². The Morgan fingerprint density at radius 2 is 0.733 bits per heavy atom. The Morgan fingerprint density at radius 1 is 0.433 bits per heavy atom. The van der Waals surface area contributed by atoms with Crippen LogP contribution in [-0.4, -0.2) is 42.6 Å². The molecule has 0 unspecified atom stereocenters. The Hall–Kier alpha value is -1.80. The van der Waals surface area contributed by atoms with Crippen molar-refractivity contribution < 1.29 is 93.2 Å². The molecule has 0 spiro atoms. The molecule has 0 aliphatic carbocycles. The lowest BCUT2D eigenvalue weighted by Gasteiger charge is -2.36. The van der Waals surface area contributed by atoms with Gasteiger partial charge < -0.3 is 4.74 Å². The van der Waals surface area contributed by atoms with Crippen LogP contribution in [-0.2, 0) is 14.2 Å². The van der Waals surface area contributed by atoms with E-state index >= 15 is 0 Å². The van der Waals surface area contributed by atoms with Gasteiger partial charge in [-0.3, -0.25) is 0 Å². The van der Waals surface area contributed by atoms with Crippen molar-refractivity contribution >= 4 is 0 Å². The van der Waals surface area contributed by atoms with Gasteiger partial charge in [-0.25, -0.2) is 9.47 Å². The molecule has 0 aromatic rings. The summed E-state index contributed by atoms with van der Waals surface area (Å²) in [6.07, 6.45) is -41.3. The summed E-state index contributed by atoms with van der Waals surface area (Å²) in [5, 5.41) is 0. The Kier molecular flexibility index (Phi) is 7.25. The van der Waals surface area contributed by atoms with E-state index in [2.05, 4.69) is 0 Å². The fraction of sp³-hybridized carbons (Fsp3) is 0.778. The largest absolute Gasteiger partial charge is 0.527 e. The van der Waals surface area contributed by atoms with Crippen LogP contribution in [0.25, 0.3) is 0 Å². The zero-order valence-corrected chi connectivity index (χ0v) is 12.5. The van der Waals surface area contributed by atoms with E-state index in [1.165, 1.54) is 9.47 Å². The summed E-state index contributed by atoms with van der Waals surface area (Å²) in [5.41, 5.74) is 0. The lowest BCUT2D eigenvalue weighted by Crippen LogP contribution is -2.64. The molecule has 0 saturated heterocycles. The SMILES string of the molecule is FC(F)=C(F)OC(F)(F)C(F)(F)C(F)(F)OC(F)(F)C(F)(F)C(F)(F)OC(F)(F)F. The number of hydrogen-bond acceptors (Lipinski definition) is 3. The summed E-state index contributed by atoms with van der Waals surface area (Å²) < 4.78 is 228. The van der Waals surface area contributed by atoms with Crippen molar-refractivity contribution in [2.45, 2.75) is 42.6 Å². The summed E-state index contributed by atoms with van der Waals surface area (Å²) in [6, 6.07) is -4.00. The van der Waals surface area contributed by atoms with Crippen molar-refractivity contribution in [2.75, 3.05) is 0 Å². The van der Waals surface area contributed by atoms with E-state index in [9.17, 15) is 79.0 Å². The highest BCUT2D eigenvalue weighted by molar-refractivity contribution is 4.94. The Morgan fingerprint density at radius 3 is 1.03 bits per heavy atom. The van der Waals surface area contributed by atoms with E-state index in [1.54, 1.807) is 4.74 Å². The van der Waals surface area contributed by atoms with Crippen molar-refractivity contribution in [3.8, 4) is 0 Å². The highest BCUT2D eigenvalue weighted by atomic mass is 19.4. The lowest BCUT2D eigenvalue weighted by atomic mass is 10.2. The van der Waals surface area contributed by atoms with E-state index in [0.29, 0.717) is 0 Å². The number of hydrogen-bond donors (Lipinski definition) is 0. The summed E-state index contributed by atoms with van der Waals surface area (Å²) in [4.78, 5) is 0. The second-order valence-corrected chi connectivity index (χ2v) is 4.50. The highest BCUT2D eigenvalue weighted by Crippen LogP contribution is 2.55. The maximum absolute atomic E-state index is 12.9. The van der Waals surface area contributed by atoms with Gasteiger partial charge in [0, 0.05) is 0 Å². The van der Waals surface area contributed by atoms with Gasteiger partial charge in [0.25, 0.3) is 0 Å². The molecular weight excluding hydrogens is 498 g/mol. The van der Waals surface area contributed by atoms with E-state index in [0.717, 1.165) is 0 Å². The van der Waals surface area contributed by atoms with Crippen LogP contribution < -0.4 is 0 Å². The molecule has 0 aliphatic rings. The van der Waals surface area contributed by atoms with Gasteiger partial charge in [0.05, 0.1) is 0 Å². The van der Waals surface area contributed by atoms with Gasteiger partial charge in [0.1, 0.15) is 0 Å². The van der Waals surface area contributed by atoms with Crippen LogP contribution in [0.15, 0.2) is 12.1 Å². The Labute approximate surface area is 149 Å². The third-order valence-electron chi connectivity index (χ3n) is 2.33. The molecule has 0 N–H and O–H groups in total. The van der Waals surface area contributed by atoms with Gasteiger partial charge in [-0.2, -0.15) is 65.9 Å². The van der Waals surface area contributed by atoms with Gasteiger partial charge >= 0.3 is 54.7 Å². The summed E-state index contributed by atoms with van der Waals surface area (Å²) in [5.74, 6) is -15.7. The Bertz CT molecular complexity index is 644. The number of alkyl halides is 15. The third kappa shape index (κ3) is 5.46. The molecule has 0 saturated carbocycles. The second kappa shape index (κ2) is 7.71. The quantitative estimate of drug-likeness (QED) is 0.279. The first-order valence-corrected chi connectivity index (χ1v) is 5.88. The number of rotatable bonds is 9. The predicted molar refractivity (Wildman–Crippen MR) is 49.3 cm³/mol. The van der Waals surface area contributed by atoms with Gasteiger partial charge in [-0.1, -0.05) is 0 Å². The second-order valence-electron chi connectivity index (χ2n) is 4.50. The minimum absolute atomic E-state index is 1.20. The van der Waals surface area contributed by atoms with Crippen LogP contribution >= 0.6 is 0 Å². The molecule has 0 rings (SSSR count). The molecule has 0 aliphatic heterocycles. The molecule has 0 heterocycles. The molecule has 0 atom stereocenters. The van der Waals surface area contributed by atoms with Crippen LogP contribution in [0.4, 0.5) is 79.0 Å². The minimum atomic E-state index is -7.90. The number of halogens is 18. The van der Waals surface area contributed by atoms with E-state index in [4.69, 9.17) is 0 Å². The molecule has 3 nitrogen and oxygen atoms in total. The third-order valence-corrected chi connectivity index (χ3v) is 2.33. The highest BCUT2D eigenvalue weighted by Gasteiger charge is 2.83. The van der Waals surface area contributed by atoms with Crippen molar-refractivity contribution in [2.24, 2.45) is 0 Å². The maximum Gasteiger partial charge on any atom is 0.527 e. The fourth-order valence-corrected chi connectivity index (χ4v) is 1.05. The molecule has 0 aromatic carbocycles. The average Bonchev–Trinajstić information content (AvgIpc) is 2.41. The van der Waals surface area contributed by atoms with Crippen molar-refractivity contribution in [3.63, 3.8) is 0 Å². The van der Waals surface area contributed by atoms with Crippen LogP contribution in [0, 0.1) is 0 Å². The fourth-order valence-electron chi connectivity index (χ4n) is 1.05. The topological polar surface area (TPSA) is 27.7 Å². The minimum Gasteiger partial charge on any atom is -0.397 e. The van der Waals surface area contributed by atoms with E-state index in [1.807, 2.05) is 0 Å². The monoisotopic (exact) mass is 498 g/mol.